The minimum Gasteiger partial charge on any atom is -0.361 e. The largest absolute Gasteiger partial charge is 0.361 e. The summed E-state index contributed by atoms with van der Waals surface area (Å²) < 4.78 is 0. The molecule has 0 saturated carbocycles. The maximum atomic E-state index is 12.4. The van der Waals surface area contributed by atoms with Crippen LogP contribution in [0.2, 0.25) is 0 Å². The van der Waals surface area contributed by atoms with Crippen LogP contribution >= 0.6 is 0 Å². The molecule has 0 radical (unpaired) electrons. The number of hydrogen-bond donors (Lipinski definition) is 2. The molecule has 4 heteroatoms. The third-order valence-electron chi connectivity index (χ3n) is 4.93. The van der Waals surface area contributed by atoms with Crippen molar-refractivity contribution in [1.29, 1.82) is 0 Å². The van der Waals surface area contributed by atoms with E-state index in [1.165, 1.54) is 18.2 Å². The lowest BCUT2D eigenvalue weighted by Gasteiger charge is -2.14. The van der Waals surface area contributed by atoms with Crippen molar-refractivity contribution >= 4 is 16.8 Å². The van der Waals surface area contributed by atoms with E-state index < -0.39 is 0 Å². The minimum absolute atomic E-state index is 0.00185. The van der Waals surface area contributed by atoms with Crippen LogP contribution in [0.3, 0.4) is 0 Å². The Balaban J connectivity index is 1.45. The Labute approximate surface area is 147 Å². The Kier molecular flexibility index (Phi) is 4.53. The van der Waals surface area contributed by atoms with E-state index in [-0.39, 0.29) is 5.91 Å². The van der Waals surface area contributed by atoms with Gasteiger partial charge in [-0.15, -0.1) is 0 Å². The SMILES string of the molecule is O=C(NCCN1CCCC1)c1cccc(-c2ccc3cc[nH]c3c2)c1. The van der Waals surface area contributed by atoms with Gasteiger partial charge in [0.1, 0.15) is 0 Å². The normalized spacial score (nSPS) is 14.9. The minimum atomic E-state index is 0.00185. The van der Waals surface area contributed by atoms with Gasteiger partial charge in [-0.1, -0.05) is 24.3 Å². The van der Waals surface area contributed by atoms with Gasteiger partial charge in [-0.05, 0) is 66.7 Å². The summed E-state index contributed by atoms with van der Waals surface area (Å²) in [6.07, 6.45) is 4.50. The first-order valence-corrected chi connectivity index (χ1v) is 8.98. The summed E-state index contributed by atoms with van der Waals surface area (Å²) in [6.45, 7) is 3.96. The van der Waals surface area contributed by atoms with Crippen LogP contribution in [-0.4, -0.2) is 42.0 Å². The molecule has 1 saturated heterocycles. The second-order valence-electron chi connectivity index (χ2n) is 6.67. The van der Waals surface area contributed by atoms with Gasteiger partial charge in [-0.3, -0.25) is 4.79 Å². The van der Waals surface area contributed by atoms with Gasteiger partial charge >= 0.3 is 0 Å². The zero-order chi connectivity index (χ0) is 17.1. The topological polar surface area (TPSA) is 48.1 Å². The van der Waals surface area contributed by atoms with Crippen LogP contribution in [0.15, 0.2) is 54.7 Å². The summed E-state index contributed by atoms with van der Waals surface area (Å²) in [5, 5.41) is 4.24. The van der Waals surface area contributed by atoms with Crippen LogP contribution in [0.1, 0.15) is 23.2 Å². The molecule has 0 atom stereocenters. The molecule has 4 nitrogen and oxygen atoms in total. The van der Waals surface area contributed by atoms with Gasteiger partial charge in [-0.25, -0.2) is 0 Å². The van der Waals surface area contributed by atoms with Crippen molar-refractivity contribution in [2.24, 2.45) is 0 Å². The van der Waals surface area contributed by atoms with Gasteiger partial charge in [0.05, 0.1) is 0 Å². The number of likely N-dealkylation sites (tertiary alicyclic amines) is 1. The van der Waals surface area contributed by atoms with Crippen LogP contribution in [0.4, 0.5) is 0 Å². The third-order valence-corrected chi connectivity index (χ3v) is 4.93. The van der Waals surface area contributed by atoms with Gasteiger partial charge in [-0.2, -0.15) is 0 Å². The monoisotopic (exact) mass is 333 g/mol. The molecule has 2 heterocycles. The number of amides is 1. The van der Waals surface area contributed by atoms with Crippen molar-refractivity contribution in [2.75, 3.05) is 26.2 Å². The van der Waals surface area contributed by atoms with Crippen LogP contribution in [0, 0.1) is 0 Å². The number of carbonyl (C=O) groups is 1. The number of aromatic nitrogens is 1. The first-order valence-electron chi connectivity index (χ1n) is 8.98. The van der Waals surface area contributed by atoms with Crippen molar-refractivity contribution < 1.29 is 4.79 Å². The number of nitrogens with one attached hydrogen (secondary N) is 2. The van der Waals surface area contributed by atoms with Gasteiger partial charge in [0.2, 0.25) is 0 Å². The van der Waals surface area contributed by atoms with Crippen molar-refractivity contribution in [3.8, 4) is 11.1 Å². The number of H-pyrrole nitrogens is 1. The predicted octanol–water partition coefficient (Wildman–Crippen LogP) is 3.66. The summed E-state index contributed by atoms with van der Waals surface area (Å²) in [4.78, 5) is 18.1. The van der Waals surface area contributed by atoms with Gasteiger partial charge in [0.15, 0.2) is 0 Å². The lowest BCUT2D eigenvalue weighted by atomic mass is 10.0. The molecule has 25 heavy (non-hydrogen) atoms. The van der Waals surface area contributed by atoms with E-state index in [0.717, 1.165) is 36.3 Å². The maximum absolute atomic E-state index is 12.4. The summed E-state index contributed by atoms with van der Waals surface area (Å²) in [5.41, 5.74) is 3.99. The van der Waals surface area contributed by atoms with E-state index in [1.54, 1.807) is 0 Å². The fourth-order valence-corrected chi connectivity index (χ4v) is 3.50. The highest BCUT2D eigenvalue weighted by atomic mass is 16.1. The Morgan fingerprint density at radius 3 is 2.76 bits per heavy atom. The molecule has 128 valence electrons. The average Bonchev–Trinajstić information content (AvgIpc) is 3.32. The summed E-state index contributed by atoms with van der Waals surface area (Å²) in [7, 11) is 0. The molecule has 1 amide bonds. The number of carbonyl (C=O) groups excluding carboxylic acids is 1. The third kappa shape index (κ3) is 3.59. The van der Waals surface area contributed by atoms with E-state index >= 15 is 0 Å². The lowest BCUT2D eigenvalue weighted by molar-refractivity contribution is 0.0950. The molecule has 2 aromatic carbocycles. The Bertz CT molecular complexity index is 877. The predicted molar refractivity (Wildman–Crippen MR) is 102 cm³/mol. The highest BCUT2D eigenvalue weighted by Gasteiger charge is 2.12. The van der Waals surface area contributed by atoms with Crippen LogP contribution in [0.5, 0.6) is 0 Å². The maximum Gasteiger partial charge on any atom is 0.251 e. The number of hydrogen-bond acceptors (Lipinski definition) is 2. The molecule has 1 aliphatic rings. The number of nitrogens with zero attached hydrogens (tertiary/aromatic N) is 1. The van der Waals surface area contributed by atoms with Gasteiger partial charge in [0.25, 0.3) is 5.91 Å². The fraction of sp³-hybridized carbons (Fsp3) is 0.286. The summed E-state index contributed by atoms with van der Waals surface area (Å²) >= 11 is 0. The van der Waals surface area contributed by atoms with Crippen LogP contribution < -0.4 is 5.32 Å². The van der Waals surface area contributed by atoms with Crippen molar-refractivity contribution in [2.45, 2.75) is 12.8 Å². The van der Waals surface area contributed by atoms with E-state index in [0.29, 0.717) is 12.1 Å². The highest BCUT2D eigenvalue weighted by molar-refractivity contribution is 5.95. The first kappa shape index (κ1) is 15.9. The van der Waals surface area contributed by atoms with E-state index in [9.17, 15) is 4.79 Å². The van der Waals surface area contributed by atoms with Gasteiger partial charge in [0, 0.05) is 30.4 Å². The Morgan fingerprint density at radius 1 is 1.04 bits per heavy atom. The molecule has 1 aromatic heterocycles. The molecule has 0 aliphatic carbocycles. The van der Waals surface area contributed by atoms with E-state index in [4.69, 9.17) is 0 Å². The highest BCUT2D eigenvalue weighted by Crippen LogP contribution is 2.24. The first-order chi connectivity index (χ1) is 12.3. The number of benzene rings is 2. The smallest absolute Gasteiger partial charge is 0.251 e. The summed E-state index contributed by atoms with van der Waals surface area (Å²) in [5.74, 6) is 0.00185. The summed E-state index contributed by atoms with van der Waals surface area (Å²) in [6, 6.07) is 16.2. The number of fused-ring (bicyclic) bond motifs is 1. The second-order valence-corrected chi connectivity index (χ2v) is 6.67. The standard InChI is InChI=1S/C21H23N3O/c25-21(23-10-13-24-11-1-2-12-24)19-5-3-4-17(14-19)18-7-6-16-8-9-22-20(16)15-18/h3-9,14-15,22H,1-2,10-13H2,(H,23,25). The zero-order valence-electron chi connectivity index (χ0n) is 14.3. The number of aromatic amines is 1. The van der Waals surface area contributed by atoms with Crippen molar-refractivity contribution in [3.05, 3.63) is 60.3 Å². The fourth-order valence-electron chi connectivity index (χ4n) is 3.50. The van der Waals surface area contributed by atoms with Crippen LogP contribution in [-0.2, 0) is 0 Å². The molecule has 4 rings (SSSR count). The van der Waals surface area contributed by atoms with E-state index in [2.05, 4.69) is 39.5 Å². The molecule has 0 unspecified atom stereocenters. The van der Waals surface area contributed by atoms with E-state index in [1.807, 2.05) is 30.5 Å². The zero-order valence-corrected chi connectivity index (χ0v) is 14.3. The molecular weight excluding hydrogens is 310 g/mol. The Hall–Kier alpha value is -2.59. The second kappa shape index (κ2) is 7.11. The van der Waals surface area contributed by atoms with Crippen LogP contribution in [0.25, 0.3) is 22.0 Å². The molecular formula is C21H23N3O. The molecule has 1 fully saturated rings. The van der Waals surface area contributed by atoms with Crippen molar-refractivity contribution in [3.63, 3.8) is 0 Å². The molecule has 0 bridgehead atoms. The average molecular weight is 333 g/mol. The quantitative estimate of drug-likeness (QED) is 0.748. The van der Waals surface area contributed by atoms with Crippen molar-refractivity contribution in [1.82, 2.24) is 15.2 Å². The number of rotatable bonds is 5. The molecule has 2 N–H and O–H groups in total. The van der Waals surface area contributed by atoms with Gasteiger partial charge < -0.3 is 15.2 Å². The molecule has 3 aromatic rings. The molecule has 1 aliphatic heterocycles. The molecule has 0 spiro atoms. The Morgan fingerprint density at radius 2 is 1.88 bits per heavy atom. The lowest BCUT2D eigenvalue weighted by Crippen LogP contribution is -2.33.